The van der Waals surface area contributed by atoms with Crippen LogP contribution < -0.4 is 5.32 Å². The van der Waals surface area contributed by atoms with Gasteiger partial charge in [0.2, 0.25) is 0 Å². The number of pyridine rings is 2. The Hall–Kier alpha value is -3.07. The van der Waals surface area contributed by atoms with Crippen LogP contribution in [0.1, 0.15) is 12.8 Å². The first kappa shape index (κ1) is 17.1. The van der Waals surface area contributed by atoms with Crippen molar-refractivity contribution in [2.24, 2.45) is 10.9 Å². The number of nitro groups is 1. The number of aliphatic imine (C=N–C) groups is 1. The zero-order valence-electron chi connectivity index (χ0n) is 15.2. The second-order valence-electron chi connectivity index (χ2n) is 7.56. The van der Waals surface area contributed by atoms with E-state index in [2.05, 4.69) is 25.2 Å². The second-order valence-corrected chi connectivity index (χ2v) is 7.56. The van der Waals surface area contributed by atoms with E-state index in [1.807, 2.05) is 12.1 Å². The Balaban J connectivity index is 1.30. The van der Waals surface area contributed by atoms with Crippen LogP contribution in [0.25, 0.3) is 11.1 Å². The largest absolute Gasteiger partial charge is 0.455 e. The molecule has 3 fully saturated rings. The molecule has 6 rings (SSSR count). The SMILES string of the molecule is O=[N+]([O-])c1ccc(-c2ccnc(NC3=NCC4(CN5CCC4CC5)O3)c2)cn1. The lowest BCUT2D eigenvalue weighted by Crippen LogP contribution is -2.61. The van der Waals surface area contributed by atoms with Gasteiger partial charge in [-0.2, -0.15) is 0 Å². The third kappa shape index (κ3) is 2.97. The molecule has 0 aromatic carbocycles. The summed E-state index contributed by atoms with van der Waals surface area (Å²) in [5, 5.41) is 13.9. The molecule has 1 unspecified atom stereocenters. The Labute approximate surface area is 161 Å². The predicted octanol–water partition coefficient (Wildman–Crippen LogP) is 2.31. The predicted molar refractivity (Wildman–Crippen MR) is 103 cm³/mol. The molecule has 1 atom stereocenters. The highest BCUT2D eigenvalue weighted by Gasteiger charge is 2.51. The molecule has 9 nitrogen and oxygen atoms in total. The number of anilines is 1. The Kier molecular flexibility index (Phi) is 3.97. The van der Waals surface area contributed by atoms with Crippen molar-refractivity contribution in [1.29, 1.82) is 0 Å². The maximum absolute atomic E-state index is 10.8. The van der Waals surface area contributed by atoms with Crippen molar-refractivity contribution in [2.45, 2.75) is 18.4 Å². The van der Waals surface area contributed by atoms with Gasteiger partial charge in [0.05, 0.1) is 6.54 Å². The number of hydrogen-bond donors (Lipinski definition) is 1. The Bertz CT molecular complexity index is 939. The average molecular weight is 380 g/mol. The molecule has 6 heterocycles. The fourth-order valence-electron chi connectivity index (χ4n) is 4.40. The smallest absolute Gasteiger partial charge is 0.363 e. The van der Waals surface area contributed by atoms with Crippen LogP contribution in [0.15, 0.2) is 41.7 Å². The number of fused-ring (bicyclic) bond motifs is 2. The average Bonchev–Trinajstić information content (AvgIpc) is 3.11. The molecular weight excluding hydrogens is 360 g/mol. The van der Waals surface area contributed by atoms with E-state index >= 15 is 0 Å². The topological polar surface area (TPSA) is 106 Å². The molecule has 0 radical (unpaired) electrons. The molecule has 2 aromatic heterocycles. The molecule has 144 valence electrons. The van der Waals surface area contributed by atoms with Gasteiger partial charge in [0.15, 0.2) is 0 Å². The molecule has 3 saturated heterocycles. The summed E-state index contributed by atoms with van der Waals surface area (Å²) in [7, 11) is 0. The quantitative estimate of drug-likeness (QED) is 0.643. The van der Waals surface area contributed by atoms with Crippen LogP contribution in [0.2, 0.25) is 0 Å². The van der Waals surface area contributed by atoms with E-state index in [1.165, 1.54) is 25.1 Å². The summed E-state index contributed by atoms with van der Waals surface area (Å²) in [5.41, 5.74) is 1.44. The van der Waals surface area contributed by atoms with Gasteiger partial charge in [-0.25, -0.2) is 9.98 Å². The van der Waals surface area contributed by atoms with Gasteiger partial charge in [-0.3, -0.25) is 10.2 Å². The van der Waals surface area contributed by atoms with Crippen LogP contribution in [0.5, 0.6) is 0 Å². The summed E-state index contributed by atoms with van der Waals surface area (Å²) in [5.74, 6) is 1.01. The second kappa shape index (κ2) is 6.52. The summed E-state index contributed by atoms with van der Waals surface area (Å²) < 4.78 is 6.29. The lowest BCUT2D eigenvalue weighted by molar-refractivity contribution is -0.389. The van der Waals surface area contributed by atoms with Crippen molar-refractivity contribution in [3.63, 3.8) is 0 Å². The first-order chi connectivity index (χ1) is 13.6. The van der Waals surface area contributed by atoms with E-state index in [0.29, 0.717) is 24.3 Å². The van der Waals surface area contributed by atoms with Crippen molar-refractivity contribution in [3.05, 3.63) is 46.8 Å². The van der Waals surface area contributed by atoms with E-state index in [4.69, 9.17) is 4.74 Å². The normalized spacial score (nSPS) is 28.1. The minimum Gasteiger partial charge on any atom is -0.455 e. The maximum Gasteiger partial charge on any atom is 0.363 e. The standard InChI is InChI=1S/C19H20N6O3/c26-25(27)17-2-1-14(10-21-17)13-3-6-20-16(9-13)23-18-22-11-19(28-18)12-24-7-4-15(19)5-8-24/h1-3,6,9-10,15H,4-5,7-8,11-12H2,(H,20,22,23). The highest BCUT2D eigenvalue weighted by Crippen LogP contribution is 2.40. The van der Waals surface area contributed by atoms with Gasteiger partial charge < -0.3 is 14.9 Å². The van der Waals surface area contributed by atoms with E-state index in [9.17, 15) is 10.1 Å². The first-order valence-electron chi connectivity index (χ1n) is 9.41. The Morgan fingerprint density at radius 2 is 2.07 bits per heavy atom. The molecule has 0 aliphatic carbocycles. The van der Waals surface area contributed by atoms with Gasteiger partial charge >= 0.3 is 5.82 Å². The summed E-state index contributed by atoms with van der Waals surface area (Å²) in [6, 6.07) is 7.27. The minimum atomic E-state index is -0.511. The summed E-state index contributed by atoms with van der Waals surface area (Å²) in [4.78, 5) is 25.5. The fraction of sp³-hybridized carbons (Fsp3) is 0.421. The lowest BCUT2D eigenvalue weighted by atomic mass is 9.75. The van der Waals surface area contributed by atoms with Crippen LogP contribution in [-0.2, 0) is 4.74 Å². The van der Waals surface area contributed by atoms with Crippen molar-refractivity contribution in [2.75, 3.05) is 31.5 Å². The van der Waals surface area contributed by atoms with Gasteiger partial charge in [-0.1, -0.05) is 0 Å². The third-order valence-electron chi connectivity index (χ3n) is 5.88. The molecule has 2 bridgehead atoms. The molecule has 1 spiro atoms. The van der Waals surface area contributed by atoms with Gasteiger partial charge in [0, 0.05) is 30.3 Å². The molecule has 1 N–H and O–H groups in total. The summed E-state index contributed by atoms with van der Waals surface area (Å²) in [6.45, 7) is 3.94. The number of aromatic nitrogens is 2. The highest BCUT2D eigenvalue weighted by atomic mass is 16.6. The van der Waals surface area contributed by atoms with Crippen LogP contribution in [-0.4, -0.2) is 57.6 Å². The Morgan fingerprint density at radius 3 is 2.75 bits per heavy atom. The molecule has 4 aliphatic heterocycles. The van der Waals surface area contributed by atoms with Crippen molar-refractivity contribution in [1.82, 2.24) is 14.9 Å². The lowest BCUT2D eigenvalue weighted by Gasteiger charge is -2.50. The van der Waals surface area contributed by atoms with E-state index in [0.717, 1.165) is 30.8 Å². The first-order valence-corrected chi connectivity index (χ1v) is 9.41. The zero-order chi connectivity index (χ0) is 19.1. The van der Waals surface area contributed by atoms with Crippen LogP contribution in [0.4, 0.5) is 11.6 Å². The zero-order valence-corrected chi connectivity index (χ0v) is 15.2. The summed E-state index contributed by atoms with van der Waals surface area (Å²) in [6.07, 6.45) is 5.51. The van der Waals surface area contributed by atoms with Crippen LogP contribution in [0, 0.1) is 16.0 Å². The molecule has 2 aromatic rings. The third-order valence-corrected chi connectivity index (χ3v) is 5.88. The number of hydrogen-bond acceptors (Lipinski definition) is 8. The maximum atomic E-state index is 10.8. The van der Waals surface area contributed by atoms with E-state index < -0.39 is 4.92 Å². The van der Waals surface area contributed by atoms with Gasteiger partial charge in [0.1, 0.15) is 17.6 Å². The van der Waals surface area contributed by atoms with E-state index in [1.54, 1.807) is 12.3 Å². The summed E-state index contributed by atoms with van der Waals surface area (Å²) >= 11 is 0. The van der Waals surface area contributed by atoms with Crippen molar-refractivity contribution < 1.29 is 9.66 Å². The van der Waals surface area contributed by atoms with Crippen molar-refractivity contribution in [3.8, 4) is 11.1 Å². The molecular formula is C19H20N6O3. The molecule has 4 aliphatic rings. The molecule has 9 heteroatoms. The monoisotopic (exact) mass is 380 g/mol. The fourth-order valence-corrected chi connectivity index (χ4v) is 4.40. The number of piperidine rings is 3. The number of rotatable bonds is 3. The number of nitrogens with one attached hydrogen (secondary N) is 1. The van der Waals surface area contributed by atoms with Crippen molar-refractivity contribution >= 4 is 17.7 Å². The number of ether oxygens (including phenoxy) is 1. The molecule has 0 amide bonds. The van der Waals surface area contributed by atoms with Gasteiger partial charge in [-0.15, -0.1) is 0 Å². The van der Waals surface area contributed by atoms with E-state index in [-0.39, 0.29) is 11.4 Å². The number of amidine groups is 1. The highest BCUT2D eigenvalue weighted by molar-refractivity contribution is 5.90. The minimum absolute atomic E-state index is 0.173. The number of nitrogens with zero attached hydrogens (tertiary/aromatic N) is 5. The Morgan fingerprint density at radius 1 is 1.21 bits per heavy atom. The molecule has 0 saturated carbocycles. The van der Waals surface area contributed by atoms with Crippen LogP contribution >= 0.6 is 0 Å². The van der Waals surface area contributed by atoms with Gasteiger partial charge in [0.25, 0.3) is 6.02 Å². The van der Waals surface area contributed by atoms with Crippen LogP contribution in [0.3, 0.4) is 0 Å². The van der Waals surface area contributed by atoms with Gasteiger partial charge in [-0.05, 0) is 59.6 Å². The molecule has 28 heavy (non-hydrogen) atoms.